The summed E-state index contributed by atoms with van der Waals surface area (Å²) in [6.07, 6.45) is -10.7. The van der Waals surface area contributed by atoms with Gasteiger partial charge in [0, 0.05) is 30.6 Å². The standard InChI is InChI=1S/C26H27F7N2O3/c1-14-9-15(5-6-20(14)27)19-13-35(23(37)38-24(2,3)4)8-7-21(19)34-22(36)16-10-17(25(28,29)30)12-18(11-16)26(31,32)33/h5-6,9-12,19,21H,7-8,13H2,1-4H3,(H,34,36)/t19-,21?/m0/s1. The smallest absolute Gasteiger partial charge is 0.416 e. The molecule has 1 aliphatic heterocycles. The lowest BCUT2D eigenvalue weighted by Crippen LogP contribution is -2.52. The van der Waals surface area contributed by atoms with Crippen LogP contribution < -0.4 is 5.32 Å². The third kappa shape index (κ3) is 7.16. The Morgan fingerprint density at radius 1 is 0.947 bits per heavy atom. The van der Waals surface area contributed by atoms with Gasteiger partial charge in [-0.15, -0.1) is 0 Å². The van der Waals surface area contributed by atoms with Crippen molar-refractivity contribution in [3.63, 3.8) is 0 Å². The number of carbonyl (C=O) groups is 2. The second kappa shape index (κ2) is 10.5. The van der Waals surface area contributed by atoms with E-state index >= 15 is 0 Å². The number of carbonyl (C=O) groups excluding carboxylic acids is 2. The van der Waals surface area contributed by atoms with Crippen LogP contribution in [0.25, 0.3) is 0 Å². The molecule has 1 fully saturated rings. The molecule has 5 nitrogen and oxygen atoms in total. The number of hydrogen-bond donors (Lipinski definition) is 1. The number of rotatable bonds is 3. The van der Waals surface area contributed by atoms with E-state index in [0.29, 0.717) is 17.7 Å². The normalized spacial score (nSPS) is 18.8. The number of hydrogen-bond acceptors (Lipinski definition) is 3. The Kier molecular flexibility index (Phi) is 8.05. The molecule has 2 atom stereocenters. The molecule has 1 N–H and O–H groups in total. The first-order valence-corrected chi connectivity index (χ1v) is 11.7. The molecule has 0 aromatic heterocycles. The summed E-state index contributed by atoms with van der Waals surface area (Å²) in [5.74, 6) is -2.27. The summed E-state index contributed by atoms with van der Waals surface area (Å²) in [7, 11) is 0. The molecule has 1 aliphatic rings. The fourth-order valence-electron chi connectivity index (χ4n) is 4.19. The van der Waals surface area contributed by atoms with Crippen LogP contribution in [0, 0.1) is 12.7 Å². The van der Waals surface area contributed by atoms with Crippen molar-refractivity contribution in [3.05, 3.63) is 70.0 Å². The van der Waals surface area contributed by atoms with Gasteiger partial charge in [-0.25, -0.2) is 9.18 Å². The van der Waals surface area contributed by atoms with Crippen LogP contribution in [-0.2, 0) is 17.1 Å². The van der Waals surface area contributed by atoms with Gasteiger partial charge in [-0.1, -0.05) is 12.1 Å². The summed E-state index contributed by atoms with van der Waals surface area (Å²) >= 11 is 0. The highest BCUT2D eigenvalue weighted by atomic mass is 19.4. The first-order chi connectivity index (χ1) is 17.3. The number of ether oxygens (including phenoxy) is 1. The Bertz CT molecular complexity index is 1170. The second-order valence-corrected chi connectivity index (χ2v) is 10.2. The van der Waals surface area contributed by atoms with Crippen molar-refractivity contribution < 1.29 is 45.1 Å². The number of alkyl halides is 6. The minimum atomic E-state index is -5.11. The van der Waals surface area contributed by atoms with Gasteiger partial charge < -0.3 is 15.0 Å². The molecule has 2 amide bonds. The minimum absolute atomic E-state index is 0.0152. The van der Waals surface area contributed by atoms with Crippen molar-refractivity contribution in [2.45, 2.75) is 64.0 Å². The van der Waals surface area contributed by atoms with E-state index in [4.69, 9.17) is 4.74 Å². The molecule has 3 rings (SSSR count). The molecule has 1 saturated heterocycles. The Balaban J connectivity index is 1.94. The topological polar surface area (TPSA) is 58.6 Å². The molecular weight excluding hydrogens is 521 g/mol. The van der Waals surface area contributed by atoms with Crippen LogP contribution >= 0.6 is 0 Å². The Labute approximate surface area is 214 Å². The number of likely N-dealkylation sites (tertiary alicyclic amines) is 1. The number of amides is 2. The van der Waals surface area contributed by atoms with Crippen molar-refractivity contribution in [1.82, 2.24) is 10.2 Å². The zero-order valence-electron chi connectivity index (χ0n) is 21.1. The minimum Gasteiger partial charge on any atom is -0.444 e. The summed E-state index contributed by atoms with van der Waals surface area (Å²) in [4.78, 5) is 27.0. The molecule has 2 aromatic carbocycles. The summed E-state index contributed by atoms with van der Waals surface area (Å²) in [6.45, 7) is 6.69. The van der Waals surface area contributed by atoms with Crippen LogP contribution in [-0.4, -0.2) is 41.6 Å². The second-order valence-electron chi connectivity index (χ2n) is 10.2. The highest BCUT2D eigenvalue weighted by Gasteiger charge is 2.39. The van der Waals surface area contributed by atoms with Gasteiger partial charge in [-0.3, -0.25) is 4.79 Å². The molecule has 0 radical (unpaired) electrons. The van der Waals surface area contributed by atoms with Gasteiger partial charge >= 0.3 is 18.4 Å². The zero-order chi connectivity index (χ0) is 28.6. The number of nitrogens with one attached hydrogen (secondary N) is 1. The van der Waals surface area contributed by atoms with Gasteiger partial charge in [0.25, 0.3) is 5.91 Å². The average molecular weight is 548 g/mol. The lowest BCUT2D eigenvalue weighted by molar-refractivity contribution is -0.143. The van der Waals surface area contributed by atoms with E-state index in [1.165, 1.54) is 30.0 Å². The van der Waals surface area contributed by atoms with Gasteiger partial charge in [0.1, 0.15) is 11.4 Å². The van der Waals surface area contributed by atoms with Crippen molar-refractivity contribution in [1.29, 1.82) is 0 Å². The highest BCUT2D eigenvalue weighted by Crippen LogP contribution is 2.37. The van der Waals surface area contributed by atoms with Gasteiger partial charge in [0.05, 0.1) is 11.1 Å². The van der Waals surface area contributed by atoms with E-state index in [2.05, 4.69) is 5.32 Å². The fraction of sp³-hybridized carbons (Fsp3) is 0.462. The molecule has 0 bridgehead atoms. The SMILES string of the molecule is Cc1cc([C@@H]2CN(C(=O)OC(C)(C)C)CCC2NC(=O)c2cc(C(F)(F)F)cc(C(F)(F)F)c2)ccc1F. The number of aryl methyl sites for hydroxylation is 1. The summed E-state index contributed by atoms with van der Waals surface area (Å²) in [6, 6.07) is 4.06. The molecule has 0 aliphatic carbocycles. The highest BCUT2D eigenvalue weighted by molar-refractivity contribution is 5.95. The lowest BCUT2D eigenvalue weighted by Gasteiger charge is -2.39. The predicted octanol–water partition coefficient (Wildman–Crippen LogP) is 6.69. The Hall–Kier alpha value is -3.31. The fourth-order valence-corrected chi connectivity index (χ4v) is 4.19. The van der Waals surface area contributed by atoms with E-state index in [1.54, 1.807) is 20.8 Å². The molecule has 0 spiro atoms. The van der Waals surface area contributed by atoms with Crippen LogP contribution in [0.4, 0.5) is 35.5 Å². The third-order valence-corrected chi connectivity index (χ3v) is 6.04. The molecule has 0 saturated carbocycles. The van der Waals surface area contributed by atoms with Gasteiger partial charge in [-0.2, -0.15) is 26.3 Å². The van der Waals surface area contributed by atoms with Crippen LogP contribution in [0.5, 0.6) is 0 Å². The van der Waals surface area contributed by atoms with Crippen LogP contribution in [0.1, 0.15) is 65.7 Å². The average Bonchev–Trinajstić information content (AvgIpc) is 2.78. The summed E-state index contributed by atoms with van der Waals surface area (Å²) in [5, 5.41) is 2.54. The molecular formula is C26H27F7N2O3. The molecule has 2 aromatic rings. The Morgan fingerprint density at radius 3 is 2.03 bits per heavy atom. The van der Waals surface area contributed by atoms with Crippen LogP contribution in [0.3, 0.4) is 0 Å². The molecule has 1 heterocycles. The number of piperidine rings is 1. The lowest BCUT2D eigenvalue weighted by atomic mass is 9.85. The van der Waals surface area contributed by atoms with Gasteiger partial charge in [-0.05, 0) is 69.5 Å². The van der Waals surface area contributed by atoms with E-state index in [9.17, 15) is 40.3 Å². The predicted molar refractivity (Wildman–Crippen MR) is 124 cm³/mol. The number of benzene rings is 2. The molecule has 1 unspecified atom stereocenters. The van der Waals surface area contributed by atoms with Crippen molar-refractivity contribution in [2.75, 3.05) is 13.1 Å². The largest absolute Gasteiger partial charge is 0.444 e. The van der Waals surface area contributed by atoms with E-state index in [-0.39, 0.29) is 31.1 Å². The molecule has 208 valence electrons. The number of halogens is 7. The molecule has 12 heteroatoms. The van der Waals surface area contributed by atoms with E-state index in [1.807, 2.05) is 0 Å². The van der Waals surface area contributed by atoms with Gasteiger partial charge in [0.2, 0.25) is 0 Å². The monoisotopic (exact) mass is 548 g/mol. The van der Waals surface area contributed by atoms with E-state index < -0.39 is 64.4 Å². The van der Waals surface area contributed by atoms with Gasteiger partial charge in [0.15, 0.2) is 0 Å². The van der Waals surface area contributed by atoms with Crippen LogP contribution in [0.2, 0.25) is 0 Å². The number of nitrogens with zero attached hydrogens (tertiary/aromatic N) is 1. The van der Waals surface area contributed by atoms with Crippen molar-refractivity contribution in [2.24, 2.45) is 0 Å². The maximum atomic E-state index is 13.9. The van der Waals surface area contributed by atoms with E-state index in [0.717, 1.165) is 0 Å². The van der Waals surface area contributed by atoms with Crippen molar-refractivity contribution in [3.8, 4) is 0 Å². The summed E-state index contributed by atoms with van der Waals surface area (Å²) < 4.78 is 98.9. The van der Waals surface area contributed by atoms with Crippen LogP contribution in [0.15, 0.2) is 36.4 Å². The zero-order valence-corrected chi connectivity index (χ0v) is 21.1. The third-order valence-electron chi connectivity index (χ3n) is 6.04. The van der Waals surface area contributed by atoms with Crippen molar-refractivity contribution >= 4 is 12.0 Å². The summed E-state index contributed by atoms with van der Waals surface area (Å²) in [5.41, 5.74) is -4.00. The first kappa shape index (κ1) is 29.2. The first-order valence-electron chi connectivity index (χ1n) is 11.7. The Morgan fingerprint density at radius 2 is 1.53 bits per heavy atom. The maximum absolute atomic E-state index is 13.9. The quantitative estimate of drug-likeness (QED) is 0.435. The molecule has 38 heavy (non-hydrogen) atoms. The maximum Gasteiger partial charge on any atom is 0.416 e.